The minimum Gasteiger partial charge on any atom is -0.493 e. The van der Waals surface area contributed by atoms with Gasteiger partial charge in [0.25, 0.3) is 5.91 Å². The van der Waals surface area contributed by atoms with Gasteiger partial charge in [0.05, 0.1) is 29.5 Å². The lowest BCUT2D eigenvalue weighted by molar-refractivity contribution is -0.143. The van der Waals surface area contributed by atoms with E-state index in [1.165, 1.54) is 23.8 Å². The van der Waals surface area contributed by atoms with Crippen molar-refractivity contribution in [2.24, 2.45) is 0 Å². The van der Waals surface area contributed by atoms with E-state index in [-0.39, 0.29) is 31.4 Å². The number of rotatable bonds is 10. The van der Waals surface area contributed by atoms with Crippen LogP contribution in [0.2, 0.25) is 10.0 Å². The molecule has 0 atom stereocenters. The molecule has 1 amide bonds. The van der Waals surface area contributed by atoms with Crippen LogP contribution in [0, 0.1) is 0 Å². The zero-order chi connectivity index (χ0) is 25.5. The predicted molar refractivity (Wildman–Crippen MR) is 147 cm³/mol. The number of methoxy groups -OCH3 is 1. The van der Waals surface area contributed by atoms with Gasteiger partial charge in [-0.2, -0.15) is 0 Å². The fourth-order valence-corrected chi connectivity index (χ4v) is 5.50. The highest BCUT2D eigenvalue weighted by Gasteiger charge is 2.32. The molecular formula is C24H22BrCl2NO5S2. The van der Waals surface area contributed by atoms with Crippen molar-refractivity contribution in [3.05, 3.63) is 60.9 Å². The number of ether oxygens (including phenoxy) is 3. The monoisotopic (exact) mass is 617 g/mol. The number of thiocarbonyl (C=S) groups is 1. The first-order chi connectivity index (χ1) is 16.7. The molecule has 0 N–H and O–H groups in total. The van der Waals surface area contributed by atoms with E-state index in [1.54, 1.807) is 36.4 Å². The van der Waals surface area contributed by atoms with Gasteiger partial charge < -0.3 is 14.2 Å². The lowest BCUT2D eigenvalue weighted by Crippen LogP contribution is -2.30. The largest absolute Gasteiger partial charge is 0.493 e. The van der Waals surface area contributed by atoms with Crippen molar-refractivity contribution in [2.45, 2.75) is 26.4 Å². The highest BCUT2D eigenvalue weighted by molar-refractivity contribution is 9.10. The van der Waals surface area contributed by atoms with Crippen molar-refractivity contribution in [3.8, 4) is 11.5 Å². The smallest absolute Gasteiger partial charge is 0.307 e. The van der Waals surface area contributed by atoms with Gasteiger partial charge >= 0.3 is 5.97 Å². The number of thioether (sulfide) groups is 1. The molecule has 0 radical (unpaired) electrons. The number of hydrogen-bond acceptors (Lipinski definition) is 7. The van der Waals surface area contributed by atoms with Crippen LogP contribution >= 0.6 is 63.1 Å². The van der Waals surface area contributed by atoms with E-state index in [2.05, 4.69) is 15.9 Å². The van der Waals surface area contributed by atoms with Gasteiger partial charge in [-0.05, 0) is 58.3 Å². The summed E-state index contributed by atoms with van der Waals surface area (Å²) in [7, 11) is 1.53. The summed E-state index contributed by atoms with van der Waals surface area (Å²) in [5.74, 6) is 0.320. The van der Waals surface area contributed by atoms with Crippen molar-refractivity contribution < 1.29 is 23.8 Å². The maximum absolute atomic E-state index is 12.9. The van der Waals surface area contributed by atoms with E-state index < -0.39 is 0 Å². The molecule has 6 nitrogen and oxygen atoms in total. The second-order valence-electron chi connectivity index (χ2n) is 7.33. The van der Waals surface area contributed by atoms with Gasteiger partial charge in [-0.25, -0.2) is 0 Å². The molecule has 0 bridgehead atoms. The number of carbonyl (C=O) groups excluding carboxylic acids is 2. The molecule has 1 saturated heterocycles. The summed E-state index contributed by atoms with van der Waals surface area (Å²) in [6.07, 6.45) is 2.55. The van der Waals surface area contributed by atoms with Gasteiger partial charge in [0, 0.05) is 22.2 Å². The highest BCUT2D eigenvalue weighted by Crippen LogP contribution is 2.40. The van der Waals surface area contributed by atoms with Gasteiger partial charge in [-0.1, -0.05) is 60.2 Å². The van der Waals surface area contributed by atoms with E-state index in [4.69, 9.17) is 49.6 Å². The van der Waals surface area contributed by atoms with Crippen molar-refractivity contribution >= 4 is 85.4 Å². The summed E-state index contributed by atoms with van der Waals surface area (Å²) in [6.45, 7) is 2.60. The van der Waals surface area contributed by atoms with Crippen LogP contribution in [0.15, 0.2) is 39.7 Å². The molecule has 1 heterocycles. The number of halogens is 3. The molecule has 2 aromatic carbocycles. The third-order valence-corrected chi connectivity index (χ3v) is 7.53. The molecule has 1 aliphatic rings. The second kappa shape index (κ2) is 13.0. The standard InChI is InChI=1S/C24H22BrCl2NO5S2/c1-3-9-32-21(29)7-8-28-23(30)20(35-24(28)34)12-14-10-16(25)22(19(11-14)31-2)33-13-15-17(26)5-4-6-18(15)27/h4-6,10-12H,3,7-9,13H2,1-2H3/b20-12-. The quantitative estimate of drug-likeness (QED) is 0.163. The molecule has 3 rings (SSSR count). The predicted octanol–water partition coefficient (Wildman–Crippen LogP) is 6.89. The number of amides is 1. The van der Waals surface area contributed by atoms with Crippen LogP contribution in [0.5, 0.6) is 11.5 Å². The van der Waals surface area contributed by atoms with Crippen LogP contribution < -0.4 is 9.47 Å². The van der Waals surface area contributed by atoms with Crippen LogP contribution in [-0.2, 0) is 20.9 Å². The highest BCUT2D eigenvalue weighted by atomic mass is 79.9. The van der Waals surface area contributed by atoms with E-state index in [0.29, 0.717) is 53.0 Å². The molecule has 0 aromatic heterocycles. The summed E-state index contributed by atoms with van der Waals surface area (Å²) in [4.78, 5) is 26.5. The fraction of sp³-hybridized carbons (Fsp3) is 0.292. The minimum atomic E-state index is -0.354. The number of nitrogens with zero attached hydrogens (tertiary/aromatic N) is 1. The van der Waals surface area contributed by atoms with E-state index >= 15 is 0 Å². The lowest BCUT2D eigenvalue weighted by atomic mass is 10.1. The zero-order valence-electron chi connectivity index (χ0n) is 18.9. The molecule has 11 heteroatoms. The molecule has 186 valence electrons. The Labute approximate surface area is 232 Å². The van der Waals surface area contributed by atoms with Gasteiger partial charge in [0.15, 0.2) is 11.5 Å². The van der Waals surface area contributed by atoms with Crippen LogP contribution in [0.3, 0.4) is 0 Å². The van der Waals surface area contributed by atoms with Gasteiger partial charge in [0.2, 0.25) is 0 Å². The van der Waals surface area contributed by atoms with E-state index in [0.717, 1.165) is 6.42 Å². The Morgan fingerprint density at radius 1 is 1.26 bits per heavy atom. The van der Waals surface area contributed by atoms with Gasteiger partial charge in [0.1, 0.15) is 10.9 Å². The maximum Gasteiger partial charge on any atom is 0.307 e. The average Bonchev–Trinajstić information content (AvgIpc) is 3.08. The molecule has 2 aromatic rings. The Bertz CT molecular complexity index is 1150. The number of benzene rings is 2. The molecule has 0 spiro atoms. The first kappa shape index (κ1) is 27.8. The number of hydrogen-bond donors (Lipinski definition) is 0. The topological polar surface area (TPSA) is 65.1 Å². The molecule has 1 fully saturated rings. The van der Waals surface area contributed by atoms with Crippen LogP contribution in [0.25, 0.3) is 6.08 Å². The van der Waals surface area contributed by atoms with Crippen LogP contribution in [0.1, 0.15) is 30.9 Å². The molecule has 1 aliphatic heterocycles. The fourth-order valence-electron chi connectivity index (χ4n) is 3.11. The average molecular weight is 619 g/mol. The summed E-state index contributed by atoms with van der Waals surface area (Å²) in [6, 6.07) is 8.81. The molecule has 0 saturated carbocycles. The Hall–Kier alpha value is -1.78. The second-order valence-corrected chi connectivity index (χ2v) is 10.7. The summed E-state index contributed by atoms with van der Waals surface area (Å²) in [5, 5.41) is 1.01. The lowest BCUT2D eigenvalue weighted by Gasteiger charge is -2.15. The summed E-state index contributed by atoms with van der Waals surface area (Å²) >= 11 is 22.5. The number of esters is 1. The van der Waals surface area contributed by atoms with Gasteiger partial charge in [-0.3, -0.25) is 14.5 Å². The summed E-state index contributed by atoms with van der Waals surface area (Å²) in [5.41, 5.74) is 1.37. The first-order valence-corrected chi connectivity index (χ1v) is 13.4. The minimum absolute atomic E-state index is 0.0839. The molecule has 0 unspecified atom stereocenters. The first-order valence-electron chi connectivity index (χ1n) is 10.6. The Balaban J connectivity index is 1.75. The summed E-state index contributed by atoms with van der Waals surface area (Å²) < 4.78 is 17.6. The van der Waals surface area contributed by atoms with E-state index in [1.807, 2.05) is 6.92 Å². The molecule has 35 heavy (non-hydrogen) atoms. The maximum atomic E-state index is 12.9. The van der Waals surface area contributed by atoms with Crippen molar-refractivity contribution in [1.82, 2.24) is 4.90 Å². The number of carbonyl (C=O) groups is 2. The third kappa shape index (κ3) is 7.13. The molecule has 0 aliphatic carbocycles. The Morgan fingerprint density at radius 3 is 2.63 bits per heavy atom. The van der Waals surface area contributed by atoms with Crippen molar-refractivity contribution in [3.63, 3.8) is 0 Å². The SMILES string of the molecule is CCCOC(=O)CCN1C(=O)/C(=C/c2cc(Br)c(OCc3c(Cl)cccc3Cl)c(OC)c2)SC1=S. The Kier molecular flexibility index (Phi) is 10.3. The van der Waals surface area contributed by atoms with Crippen molar-refractivity contribution in [2.75, 3.05) is 20.3 Å². The van der Waals surface area contributed by atoms with Gasteiger partial charge in [-0.15, -0.1) is 0 Å². The van der Waals surface area contributed by atoms with Crippen LogP contribution in [0.4, 0.5) is 0 Å². The zero-order valence-corrected chi connectivity index (χ0v) is 23.7. The molecular weight excluding hydrogens is 597 g/mol. The van der Waals surface area contributed by atoms with Crippen molar-refractivity contribution in [1.29, 1.82) is 0 Å². The van der Waals surface area contributed by atoms with E-state index in [9.17, 15) is 9.59 Å². The third-order valence-electron chi connectivity index (χ3n) is 4.85. The normalized spacial score (nSPS) is 14.5. The van der Waals surface area contributed by atoms with Crippen LogP contribution in [-0.4, -0.2) is 41.4 Å². The Morgan fingerprint density at radius 2 is 1.97 bits per heavy atom.